The Kier molecular flexibility index (Phi) is 3.78. The van der Waals surface area contributed by atoms with E-state index in [1.54, 1.807) is 0 Å². The first-order valence-electron chi connectivity index (χ1n) is 6.10. The van der Waals surface area contributed by atoms with Crippen molar-refractivity contribution in [1.82, 2.24) is 15.1 Å². The molecule has 3 heteroatoms. The summed E-state index contributed by atoms with van der Waals surface area (Å²) in [6, 6.07) is 0. The van der Waals surface area contributed by atoms with Gasteiger partial charge in [0.2, 0.25) is 0 Å². The van der Waals surface area contributed by atoms with Crippen LogP contribution in [0.1, 0.15) is 38.2 Å². The Bertz CT molecular complexity index is 289. The maximum atomic E-state index is 4.25. The van der Waals surface area contributed by atoms with Crippen LogP contribution < -0.4 is 5.32 Å². The van der Waals surface area contributed by atoms with Gasteiger partial charge in [0.25, 0.3) is 0 Å². The van der Waals surface area contributed by atoms with Crippen molar-refractivity contribution in [3.63, 3.8) is 0 Å². The molecular weight excluding hydrogens is 186 g/mol. The predicted molar refractivity (Wildman–Crippen MR) is 61.6 cm³/mol. The van der Waals surface area contributed by atoms with Gasteiger partial charge in [0.05, 0.1) is 6.20 Å². The fourth-order valence-electron chi connectivity index (χ4n) is 1.83. The number of nitrogens with one attached hydrogen (secondary N) is 1. The van der Waals surface area contributed by atoms with E-state index in [0.717, 1.165) is 25.6 Å². The Morgan fingerprint density at radius 2 is 2.40 bits per heavy atom. The molecule has 2 rings (SSSR count). The fraction of sp³-hybridized carbons (Fsp3) is 0.750. The Balaban J connectivity index is 1.56. The van der Waals surface area contributed by atoms with Gasteiger partial charge in [-0.05, 0) is 32.2 Å². The number of rotatable bonds is 7. The van der Waals surface area contributed by atoms with Crippen molar-refractivity contribution in [2.24, 2.45) is 5.92 Å². The van der Waals surface area contributed by atoms with Crippen molar-refractivity contribution in [3.8, 4) is 0 Å². The molecule has 1 fully saturated rings. The van der Waals surface area contributed by atoms with Crippen LogP contribution in [0.4, 0.5) is 0 Å². The van der Waals surface area contributed by atoms with Crippen LogP contribution in [0.5, 0.6) is 0 Å². The molecule has 84 valence electrons. The lowest BCUT2D eigenvalue weighted by molar-refractivity contribution is 0.593. The third-order valence-electron chi connectivity index (χ3n) is 3.00. The molecule has 1 aromatic heterocycles. The highest BCUT2D eigenvalue weighted by atomic mass is 15.3. The summed E-state index contributed by atoms with van der Waals surface area (Å²) in [6.07, 6.45) is 9.77. The predicted octanol–water partition coefficient (Wildman–Crippen LogP) is 2.18. The van der Waals surface area contributed by atoms with Crippen molar-refractivity contribution in [2.45, 2.75) is 45.7 Å². The summed E-state index contributed by atoms with van der Waals surface area (Å²) in [4.78, 5) is 0. The molecule has 1 saturated carbocycles. The van der Waals surface area contributed by atoms with E-state index in [9.17, 15) is 0 Å². The summed E-state index contributed by atoms with van der Waals surface area (Å²) in [5.74, 6) is 1.06. The van der Waals surface area contributed by atoms with Crippen molar-refractivity contribution in [3.05, 3.63) is 18.0 Å². The standard InChI is InChI=1S/C12H21N3/c1-2-15-10-12(9-14-15)8-13-7-3-4-11-5-6-11/h9-11,13H,2-8H2,1H3. The lowest BCUT2D eigenvalue weighted by atomic mass is 10.2. The van der Waals surface area contributed by atoms with Gasteiger partial charge >= 0.3 is 0 Å². The molecule has 0 saturated heterocycles. The fourth-order valence-corrected chi connectivity index (χ4v) is 1.83. The average Bonchev–Trinajstić information content (AvgIpc) is 2.96. The number of hydrogen-bond donors (Lipinski definition) is 1. The molecule has 1 heterocycles. The molecule has 1 aliphatic carbocycles. The average molecular weight is 207 g/mol. The van der Waals surface area contributed by atoms with Gasteiger partial charge in [0, 0.05) is 24.8 Å². The molecule has 1 N–H and O–H groups in total. The van der Waals surface area contributed by atoms with Crippen LogP contribution in [0.15, 0.2) is 12.4 Å². The van der Waals surface area contributed by atoms with E-state index in [0.29, 0.717) is 0 Å². The SMILES string of the molecule is CCn1cc(CNCCCC2CC2)cn1. The van der Waals surface area contributed by atoms with Crippen molar-refractivity contribution in [2.75, 3.05) is 6.54 Å². The quantitative estimate of drug-likeness (QED) is 0.695. The summed E-state index contributed by atoms with van der Waals surface area (Å²) in [7, 11) is 0. The molecule has 0 atom stereocenters. The van der Waals surface area contributed by atoms with Crippen LogP contribution >= 0.6 is 0 Å². The monoisotopic (exact) mass is 207 g/mol. The first-order valence-corrected chi connectivity index (χ1v) is 6.10. The summed E-state index contributed by atoms with van der Waals surface area (Å²) in [5, 5.41) is 7.72. The Morgan fingerprint density at radius 1 is 1.53 bits per heavy atom. The Hall–Kier alpha value is -0.830. The minimum atomic E-state index is 0.960. The highest BCUT2D eigenvalue weighted by molar-refractivity contribution is 5.02. The highest BCUT2D eigenvalue weighted by Crippen LogP contribution is 2.33. The van der Waals surface area contributed by atoms with E-state index in [1.807, 2.05) is 10.9 Å². The molecule has 0 aromatic carbocycles. The summed E-state index contributed by atoms with van der Waals surface area (Å²) < 4.78 is 1.97. The second-order valence-electron chi connectivity index (χ2n) is 4.47. The molecule has 0 aliphatic heterocycles. The van der Waals surface area contributed by atoms with Crippen LogP contribution in [0.3, 0.4) is 0 Å². The van der Waals surface area contributed by atoms with Crippen molar-refractivity contribution < 1.29 is 0 Å². The molecule has 1 aromatic rings. The lowest BCUT2D eigenvalue weighted by Crippen LogP contribution is -2.14. The maximum absolute atomic E-state index is 4.25. The van der Waals surface area contributed by atoms with Gasteiger partial charge in [0.1, 0.15) is 0 Å². The topological polar surface area (TPSA) is 29.9 Å². The van der Waals surface area contributed by atoms with Crippen molar-refractivity contribution in [1.29, 1.82) is 0 Å². The zero-order valence-corrected chi connectivity index (χ0v) is 9.58. The van der Waals surface area contributed by atoms with Gasteiger partial charge in [-0.15, -0.1) is 0 Å². The molecule has 3 nitrogen and oxygen atoms in total. The third-order valence-corrected chi connectivity index (χ3v) is 3.00. The summed E-state index contributed by atoms with van der Waals surface area (Å²) >= 11 is 0. The van der Waals surface area contributed by atoms with Crippen LogP contribution in [0, 0.1) is 5.92 Å². The van der Waals surface area contributed by atoms with Gasteiger partial charge in [-0.1, -0.05) is 12.8 Å². The molecule has 0 bridgehead atoms. The van der Waals surface area contributed by atoms with E-state index >= 15 is 0 Å². The third kappa shape index (κ3) is 3.67. The first kappa shape index (κ1) is 10.7. The smallest absolute Gasteiger partial charge is 0.0534 e. The molecular formula is C12H21N3. The van der Waals surface area contributed by atoms with Gasteiger partial charge in [-0.3, -0.25) is 4.68 Å². The highest BCUT2D eigenvalue weighted by Gasteiger charge is 2.19. The lowest BCUT2D eigenvalue weighted by Gasteiger charge is -2.01. The van der Waals surface area contributed by atoms with E-state index in [1.165, 1.54) is 31.2 Å². The second-order valence-corrected chi connectivity index (χ2v) is 4.47. The molecule has 15 heavy (non-hydrogen) atoms. The number of aromatic nitrogens is 2. The van der Waals surface area contributed by atoms with Gasteiger partial charge in [-0.25, -0.2) is 0 Å². The van der Waals surface area contributed by atoms with E-state index in [4.69, 9.17) is 0 Å². The first-order chi connectivity index (χ1) is 7.38. The Labute approximate surface area is 91.9 Å². The molecule has 0 radical (unpaired) electrons. The minimum Gasteiger partial charge on any atom is -0.313 e. The zero-order valence-electron chi connectivity index (χ0n) is 9.58. The van der Waals surface area contributed by atoms with Crippen LogP contribution in [-0.4, -0.2) is 16.3 Å². The van der Waals surface area contributed by atoms with E-state index < -0.39 is 0 Å². The minimum absolute atomic E-state index is 0.960. The summed E-state index contributed by atoms with van der Waals surface area (Å²) in [5.41, 5.74) is 1.29. The van der Waals surface area contributed by atoms with E-state index in [2.05, 4.69) is 23.5 Å². The van der Waals surface area contributed by atoms with Crippen LogP contribution in [0.25, 0.3) is 0 Å². The normalized spacial score (nSPS) is 15.8. The summed E-state index contributed by atoms with van der Waals surface area (Å²) in [6.45, 7) is 5.18. The number of nitrogens with zero attached hydrogens (tertiary/aromatic N) is 2. The molecule has 0 amide bonds. The number of hydrogen-bond acceptors (Lipinski definition) is 2. The van der Waals surface area contributed by atoms with E-state index in [-0.39, 0.29) is 0 Å². The maximum Gasteiger partial charge on any atom is 0.0534 e. The zero-order chi connectivity index (χ0) is 10.5. The molecule has 0 unspecified atom stereocenters. The Morgan fingerprint density at radius 3 is 3.07 bits per heavy atom. The van der Waals surface area contributed by atoms with Crippen molar-refractivity contribution >= 4 is 0 Å². The van der Waals surface area contributed by atoms with Gasteiger partial charge < -0.3 is 5.32 Å². The number of aryl methyl sites for hydroxylation is 1. The largest absolute Gasteiger partial charge is 0.313 e. The van der Waals surface area contributed by atoms with Gasteiger partial charge in [0.15, 0.2) is 0 Å². The molecule has 0 spiro atoms. The van der Waals surface area contributed by atoms with Crippen LogP contribution in [0.2, 0.25) is 0 Å². The second kappa shape index (κ2) is 5.31. The van der Waals surface area contributed by atoms with Gasteiger partial charge in [-0.2, -0.15) is 5.10 Å². The molecule has 1 aliphatic rings. The van der Waals surface area contributed by atoms with Crippen LogP contribution in [-0.2, 0) is 13.1 Å².